The third-order valence-electron chi connectivity index (χ3n) is 3.40. The molecule has 1 aromatic rings. The maximum atomic E-state index is 6.09. The van der Waals surface area contributed by atoms with Gasteiger partial charge in [0, 0.05) is 18.7 Å². The van der Waals surface area contributed by atoms with Crippen LogP contribution in [0, 0.1) is 0 Å². The van der Waals surface area contributed by atoms with E-state index in [0.29, 0.717) is 5.15 Å². The molecule has 0 aliphatic heterocycles. The number of halogens is 1. The molecule has 0 unspecified atom stereocenters. The third-order valence-corrected chi connectivity index (χ3v) is 8.15. The molecule has 0 saturated carbocycles. The van der Waals surface area contributed by atoms with Crippen molar-refractivity contribution in [3.05, 3.63) is 29.0 Å². The van der Waals surface area contributed by atoms with Gasteiger partial charge in [-0.05, 0) is 30.3 Å². The van der Waals surface area contributed by atoms with E-state index in [2.05, 4.69) is 38.8 Å². The Kier molecular flexibility index (Phi) is 4.75. The minimum atomic E-state index is -1.63. The van der Waals surface area contributed by atoms with E-state index < -0.39 is 8.32 Å². The second-order valence-electron chi connectivity index (χ2n) is 5.81. The summed E-state index contributed by atoms with van der Waals surface area (Å²) in [5.41, 5.74) is 0.996. The average molecular weight is 272 g/mol. The zero-order valence-corrected chi connectivity index (χ0v) is 13.1. The second kappa shape index (κ2) is 5.51. The van der Waals surface area contributed by atoms with E-state index in [-0.39, 0.29) is 5.04 Å². The van der Waals surface area contributed by atoms with Crippen LogP contribution in [0.25, 0.3) is 0 Å². The lowest BCUT2D eigenvalue weighted by atomic mass is 10.2. The number of rotatable bonds is 4. The second-order valence-corrected chi connectivity index (χ2v) is 11.0. The van der Waals surface area contributed by atoms with Crippen LogP contribution in [-0.2, 0) is 10.8 Å². The third kappa shape index (κ3) is 4.41. The number of hydrogen-bond donors (Lipinski definition) is 0. The molecule has 0 N–H and O–H groups in total. The van der Waals surface area contributed by atoms with Gasteiger partial charge in [0.25, 0.3) is 0 Å². The van der Waals surface area contributed by atoms with E-state index in [4.69, 9.17) is 16.0 Å². The van der Waals surface area contributed by atoms with E-state index in [1.807, 2.05) is 12.1 Å². The molecule has 0 amide bonds. The van der Waals surface area contributed by atoms with Crippen LogP contribution in [-0.4, -0.2) is 19.9 Å². The molecule has 96 valence electrons. The van der Waals surface area contributed by atoms with Gasteiger partial charge < -0.3 is 4.43 Å². The molecule has 0 spiro atoms. The van der Waals surface area contributed by atoms with Crippen LogP contribution >= 0.6 is 11.6 Å². The zero-order valence-electron chi connectivity index (χ0n) is 11.4. The van der Waals surface area contributed by atoms with E-state index in [1.54, 1.807) is 6.07 Å². The number of hydrogen-bond acceptors (Lipinski definition) is 2. The summed E-state index contributed by atoms with van der Waals surface area (Å²) in [6.07, 6.45) is 0.826. The quantitative estimate of drug-likeness (QED) is 0.602. The van der Waals surface area contributed by atoms with Crippen molar-refractivity contribution in [1.29, 1.82) is 0 Å². The van der Waals surface area contributed by atoms with Gasteiger partial charge in [0.05, 0.1) is 0 Å². The molecule has 0 atom stereocenters. The molecule has 0 aromatic carbocycles. The normalized spacial score (nSPS) is 12.8. The first-order valence-corrected chi connectivity index (χ1v) is 9.26. The van der Waals surface area contributed by atoms with E-state index in [1.165, 1.54) is 0 Å². The first-order valence-electron chi connectivity index (χ1n) is 5.98. The molecule has 1 rings (SSSR count). The molecule has 4 heteroatoms. The SMILES string of the molecule is CC(C)(C)[Si](C)(C)OCCc1cccc(Cl)n1. The molecule has 0 radical (unpaired) electrons. The Morgan fingerprint density at radius 2 is 1.94 bits per heavy atom. The Balaban J connectivity index is 2.48. The lowest BCUT2D eigenvalue weighted by Crippen LogP contribution is -2.41. The van der Waals surface area contributed by atoms with E-state index in [9.17, 15) is 0 Å². The van der Waals surface area contributed by atoms with Gasteiger partial charge in [0.2, 0.25) is 0 Å². The average Bonchev–Trinajstić information content (AvgIpc) is 2.15. The summed E-state index contributed by atoms with van der Waals surface area (Å²) in [6.45, 7) is 12.0. The Morgan fingerprint density at radius 3 is 2.47 bits per heavy atom. The van der Waals surface area contributed by atoms with Crippen molar-refractivity contribution < 1.29 is 4.43 Å². The molecule has 1 heterocycles. The summed E-state index contributed by atoms with van der Waals surface area (Å²) in [5.74, 6) is 0. The smallest absolute Gasteiger partial charge is 0.191 e. The molecular formula is C13H22ClNOSi. The fourth-order valence-electron chi connectivity index (χ4n) is 1.22. The van der Waals surface area contributed by atoms with Crippen LogP contribution in [0.1, 0.15) is 26.5 Å². The van der Waals surface area contributed by atoms with Gasteiger partial charge in [0.1, 0.15) is 5.15 Å². The lowest BCUT2D eigenvalue weighted by Gasteiger charge is -2.36. The maximum absolute atomic E-state index is 6.09. The predicted molar refractivity (Wildman–Crippen MR) is 76.1 cm³/mol. The largest absolute Gasteiger partial charge is 0.416 e. The van der Waals surface area contributed by atoms with Crippen LogP contribution in [0.5, 0.6) is 0 Å². The number of pyridine rings is 1. The van der Waals surface area contributed by atoms with Crippen molar-refractivity contribution in [2.75, 3.05) is 6.61 Å². The minimum Gasteiger partial charge on any atom is -0.416 e. The van der Waals surface area contributed by atoms with Gasteiger partial charge in [0.15, 0.2) is 8.32 Å². The van der Waals surface area contributed by atoms with Crippen LogP contribution in [0.3, 0.4) is 0 Å². The summed E-state index contributed by atoms with van der Waals surface area (Å²) in [4.78, 5) is 4.26. The molecule has 0 saturated heterocycles. The molecule has 0 aliphatic rings. The highest BCUT2D eigenvalue weighted by Crippen LogP contribution is 2.36. The van der Waals surface area contributed by atoms with Crippen LogP contribution in [0.4, 0.5) is 0 Å². The highest BCUT2D eigenvalue weighted by atomic mass is 35.5. The zero-order chi connectivity index (χ0) is 13.1. The minimum absolute atomic E-state index is 0.259. The van der Waals surface area contributed by atoms with Crippen LogP contribution < -0.4 is 0 Å². The molecule has 1 aromatic heterocycles. The Morgan fingerprint density at radius 1 is 1.29 bits per heavy atom. The Labute approximate surface area is 110 Å². The van der Waals surface area contributed by atoms with Gasteiger partial charge in [-0.25, -0.2) is 4.98 Å². The van der Waals surface area contributed by atoms with Crippen molar-refractivity contribution in [3.63, 3.8) is 0 Å². The van der Waals surface area contributed by atoms with Gasteiger partial charge in [-0.1, -0.05) is 38.4 Å². The van der Waals surface area contributed by atoms with Crippen LogP contribution in [0.15, 0.2) is 18.2 Å². The van der Waals surface area contributed by atoms with Crippen molar-refractivity contribution in [2.24, 2.45) is 0 Å². The summed E-state index contributed by atoms with van der Waals surface area (Å²) in [6, 6.07) is 5.71. The highest BCUT2D eigenvalue weighted by molar-refractivity contribution is 6.74. The lowest BCUT2D eigenvalue weighted by molar-refractivity contribution is 0.291. The molecule has 0 fully saturated rings. The van der Waals surface area contributed by atoms with Crippen molar-refractivity contribution in [1.82, 2.24) is 4.98 Å². The Bertz CT molecular complexity index is 374. The monoisotopic (exact) mass is 271 g/mol. The Hall–Kier alpha value is -0.383. The topological polar surface area (TPSA) is 22.1 Å². The predicted octanol–water partition coefficient (Wildman–Crippen LogP) is 4.30. The van der Waals surface area contributed by atoms with E-state index >= 15 is 0 Å². The highest BCUT2D eigenvalue weighted by Gasteiger charge is 2.36. The van der Waals surface area contributed by atoms with E-state index in [0.717, 1.165) is 18.7 Å². The van der Waals surface area contributed by atoms with Gasteiger partial charge in [-0.15, -0.1) is 0 Å². The number of nitrogens with zero attached hydrogens (tertiary/aromatic N) is 1. The molecule has 17 heavy (non-hydrogen) atoms. The summed E-state index contributed by atoms with van der Waals surface area (Å²) < 4.78 is 6.09. The standard InChI is InChI=1S/C13H22ClNOSi/c1-13(2,3)17(4,5)16-10-9-11-7-6-8-12(14)15-11/h6-8H,9-10H2,1-5H3. The summed E-state index contributed by atoms with van der Waals surface area (Å²) in [7, 11) is -1.63. The summed E-state index contributed by atoms with van der Waals surface area (Å²) >= 11 is 5.84. The fraction of sp³-hybridized carbons (Fsp3) is 0.615. The fourth-order valence-corrected chi connectivity index (χ4v) is 2.44. The first-order chi connectivity index (χ1) is 7.72. The number of aromatic nitrogens is 1. The summed E-state index contributed by atoms with van der Waals surface area (Å²) in [5, 5.41) is 0.809. The van der Waals surface area contributed by atoms with Crippen molar-refractivity contribution in [3.8, 4) is 0 Å². The van der Waals surface area contributed by atoms with Gasteiger partial charge in [-0.3, -0.25) is 0 Å². The van der Waals surface area contributed by atoms with Crippen molar-refractivity contribution in [2.45, 2.75) is 45.3 Å². The van der Waals surface area contributed by atoms with Gasteiger partial charge >= 0.3 is 0 Å². The molecular weight excluding hydrogens is 250 g/mol. The first kappa shape index (κ1) is 14.7. The molecule has 0 aliphatic carbocycles. The maximum Gasteiger partial charge on any atom is 0.191 e. The van der Waals surface area contributed by atoms with Gasteiger partial charge in [-0.2, -0.15) is 0 Å². The molecule has 0 bridgehead atoms. The van der Waals surface area contributed by atoms with Crippen LogP contribution in [0.2, 0.25) is 23.3 Å². The molecule has 2 nitrogen and oxygen atoms in total. The van der Waals surface area contributed by atoms with Crippen molar-refractivity contribution >= 4 is 19.9 Å².